The van der Waals surface area contributed by atoms with Crippen LogP contribution in [0.1, 0.15) is 13.8 Å². The standard InChI is InChI=1S/C20H21N5O4S/c1-3-24-19(14-8-7-9-15(12-14)25(27)28)22-23-20(24)30-13-18(26)21-16-10-5-6-11-17(16)29-4-2/h5-12H,3-4,13H2,1-2H3,(H,21,26). The van der Waals surface area contributed by atoms with Gasteiger partial charge in [-0.1, -0.05) is 36.0 Å². The number of benzene rings is 2. The molecule has 0 saturated carbocycles. The van der Waals surface area contributed by atoms with E-state index < -0.39 is 4.92 Å². The van der Waals surface area contributed by atoms with Crippen molar-refractivity contribution in [3.8, 4) is 17.1 Å². The van der Waals surface area contributed by atoms with Crippen molar-refractivity contribution in [1.29, 1.82) is 0 Å². The van der Waals surface area contributed by atoms with E-state index in [2.05, 4.69) is 15.5 Å². The van der Waals surface area contributed by atoms with Gasteiger partial charge in [0.25, 0.3) is 5.69 Å². The molecule has 9 nitrogen and oxygen atoms in total. The van der Waals surface area contributed by atoms with E-state index in [-0.39, 0.29) is 17.3 Å². The number of carbonyl (C=O) groups excluding carboxylic acids is 1. The second-order valence-electron chi connectivity index (χ2n) is 6.12. The molecule has 156 valence electrons. The maximum Gasteiger partial charge on any atom is 0.270 e. The SMILES string of the molecule is CCOc1ccccc1NC(=O)CSc1nnc(-c2cccc([N+](=O)[O-])c2)n1CC. The first kappa shape index (κ1) is 21.3. The summed E-state index contributed by atoms with van der Waals surface area (Å²) in [6.45, 7) is 4.86. The van der Waals surface area contributed by atoms with E-state index in [0.29, 0.717) is 41.1 Å². The molecule has 2 aromatic carbocycles. The number of carbonyl (C=O) groups is 1. The van der Waals surface area contributed by atoms with Crippen molar-refractivity contribution in [2.45, 2.75) is 25.5 Å². The van der Waals surface area contributed by atoms with Crippen LogP contribution in [0.25, 0.3) is 11.4 Å². The Morgan fingerprint density at radius 3 is 2.73 bits per heavy atom. The van der Waals surface area contributed by atoms with Crippen molar-refractivity contribution < 1.29 is 14.5 Å². The fourth-order valence-electron chi connectivity index (χ4n) is 2.82. The van der Waals surface area contributed by atoms with Crippen molar-refractivity contribution in [2.24, 2.45) is 0 Å². The van der Waals surface area contributed by atoms with Gasteiger partial charge in [-0.25, -0.2) is 0 Å². The fraction of sp³-hybridized carbons (Fsp3) is 0.250. The third-order valence-corrected chi connectivity index (χ3v) is 5.11. The molecule has 1 amide bonds. The van der Waals surface area contributed by atoms with Gasteiger partial charge < -0.3 is 14.6 Å². The Bertz CT molecular complexity index is 1050. The number of anilines is 1. The number of aromatic nitrogens is 3. The van der Waals surface area contributed by atoms with Crippen molar-refractivity contribution in [3.63, 3.8) is 0 Å². The number of nitro groups is 1. The Balaban J connectivity index is 1.72. The Hall–Kier alpha value is -3.40. The van der Waals surface area contributed by atoms with E-state index in [9.17, 15) is 14.9 Å². The molecule has 1 heterocycles. The van der Waals surface area contributed by atoms with Gasteiger partial charge in [-0.05, 0) is 26.0 Å². The van der Waals surface area contributed by atoms with E-state index in [4.69, 9.17) is 4.74 Å². The monoisotopic (exact) mass is 427 g/mol. The molecule has 1 aromatic heterocycles. The van der Waals surface area contributed by atoms with Crippen LogP contribution in [0.15, 0.2) is 53.7 Å². The molecule has 30 heavy (non-hydrogen) atoms. The molecule has 0 fully saturated rings. The average molecular weight is 427 g/mol. The molecule has 0 aliphatic rings. The minimum Gasteiger partial charge on any atom is -0.492 e. The van der Waals surface area contributed by atoms with Crippen molar-refractivity contribution >= 4 is 29.0 Å². The molecule has 0 aliphatic heterocycles. The zero-order valence-electron chi connectivity index (χ0n) is 16.6. The summed E-state index contributed by atoms with van der Waals surface area (Å²) in [4.78, 5) is 23.0. The molecular weight excluding hydrogens is 406 g/mol. The summed E-state index contributed by atoms with van der Waals surface area (Å²) in [7, 11) is 0. The zero-order valence-corrected chi connectivity index (χ0v) is 17.4. The molecule has 1 N–H and O–H groups in total. The largest absolute Gasteiger partial charge is 0.492 e. The van der Waals surface area contributed by atoms with E-state index in [1.54, 1.807) is 24.3 Å². The van der Waals surface area contributed by atoms with Crippen molar-refractivity contribution in [3.05, 3.63) is 58.6 Å². The minimum atomic E-state index is -0.448. The molecule has 0 saturated heterocycles. The Labute approximate surface area is 177 Å². The molecule has 0 atom stereocenters. The van der Waals surface area contributed by atoms with Crippen LogP contribution in [-0.4, -0.2) is 38.0 Å². The molecule has 3 aromatic rings. The lowest BCUT2D eigenvalue weighted by molar-refractivity contribution is -0.384. The molecule has 0 spiro atoms. The highest BCUT2D eigenvalue weighted by molar-refractivity contribution is 7.99. The summed E-state index contributed by atoms with van der Waals surface area (Å²) in [6, 6.07) is 13.5. The summed E-state index contributed by atoms with van der Waals surface area (Å²) in [5.41, 5.74) is 1.19. The number of hydrogen-bond acceptors (Lipinski definition) is 7. The fourth-order valence-corrected chi connectivity index (χ4v) is 3.62. The second kappa shape index (κ2) is 9.88. The minimum absolute atomic E-state index is 0.0142. The lowest BCUT2D eigenvalue weighted by atomic mass is 10.2. The summed E-state index contributed by atoms with van der Waals surface area (Å²) in [5, 5.41) is 22.8. The third-order valence-electron chi connectivity index (χ3n) is 4.14. The highest BCUT2D eigenvalue weighted by Crippen LogP contribution is 2.27. The molecular formula is C20H21N5O4S. The van der Waals surface area contributed by atoms with Crippen molar-refractivity contribution in [2.75, 3.05) is 17.7 Å². The summed E-state index contributed by atoms with van der Waals surface area (Å²) >= 11 is 1.25. The van der Waals surface area contributed by atoms with Crippen LogP contribution in [0.5, 0.6) is 5.75 Å². The average Bonchev–Trinajstić information content (AvgIpc) is 3.17. The molecule has 3 rings (SSSR count). The van der Waals surface area contributed by atoms with Crippen LogP contribution in [0.4, 0.5) is 11.4 Å². The lowest BCUT2D eigenvalue weighted by Crippen LogP contribution is -2.15. The van der Waals surface area contributed by atoms with Gasteiger partial charge in [0.1, 0.15) is 5.75 Å². The quantitative estimate of drug-likeness (QED) is 0.312. The molecule has 0 bridgehead atoms. The molecule has 10 heteroatoms. The Kier molecular flexibility index (Phi) is 7.02. The highest BCUT2D eigenvalue weighted by Gasteiger charge is 2.17. The first-order valence-corrected chi connectivity index (χ1v) is 10.3. The van der Waals surface area contributed by atoms with Gasteiger partial charge in [0, 0.05) is 24.2 Å². The Morgan fingerprint density at radius 1 is 1.20 bits per heavy atom. The smallest absolute Gasteiger partial charge is 0.270 e. The predicted octanol–water partition coefficient (Wildman–Crippen LogP) is 4.00. The number of non-ortho nitro benzene ring substituents is 1. The highest BCUT2D eigenvalue weighted by atomic mass is 32.2. The summed E-state index contributed by atoms with van der Waals surface area (Å²) in [6.07, 6.45) is 0. The topological polar surface area (TPSA) is 112 Å². The van der Waals surface area contributed by atoms with Crippen molar-refractivity contribution in [1.82, 2.24) is 14.8 Å². The predicted molar refractivity (Wildman–Crippen MR) is 115 cm³/mol. The van der Waals surface area contributed by atoms with E-state index in [0.717, 1.165) is 0 Å². The molecule has 0 unspecified atom stereocenters. The summed E-state index contributed by atoms with van der Waals surface area (Å²) in [5.74, 6) is 1.07. The third kappa shape index (κ3) is 4.95. The second-order valence-corrected chi connectivity index (χ2v) is 7.07. The van der Waals surface area contributed by atoms with Gasteiger partial charge in [-0.2, -0.15) is 0 Å². The maximum absolute atomic E-state index is 12.4. The van der Waals surface area contributed by atoms with E-state index >= 15 is 0 Å². The van der Waals surface area contributed by atoms with Crippen LogP contribution < -0.4 is 10.1 Å². The van der Waals surface area contributed by atoms with E-state index in [1.165, 1.54) is 23.9 Å². The normalized spacial score (nSPS) is 10.6. The van der Waals surface area contributed by atoms with Crippen LogP contribution in [0.2, 0.25) is 0 Å². The molecule has 0 aliphatic carbocycles. The first-order chi connectivity index (χ1) is 14.5. The van der Waals surface area contributed by atoms with Gasteiger partial charge in [0.2, 0.25) is 5.91 Å². The summed E-state index contributed by atoms with van der Waals surface area (Å²) < 4.78 is 7.34. The first-order valence-electron chi connectivity index (χ1n) is 9.36. The number of rotatable bonds is 9. The zero-order chi connectivity index (χ0) is 21.5. The van der Waals surface area contributed by atoms with Gasteiger partial charge in [-0.15, -0.1) is 10.2 Å². The number of amides is 1. The van der Waals surface area contributed by atoms with Gasteiger partial charge in [0.15, 0.2) is 11.0 Å². The number of nitro benzene ring substituents is 1. The number of thioether (sulfide) groups is 1. The number of nitrogens with one attached hydrogen (secondary N) is 1. The van der Waals surface area contributed by atoms with E-state index in [1.807, 2.05) is 30.5 Å². The number of ether oxygens (including phenoxy) is 1. The van der Waals surface area contributed by atoms with Crippen LogP contribution in [0, 0.1) is 10.1 Å². The maximum atomic E-state index is 12.4. The Morgan fingerprint density at radius 2 is 2.00 bits per heavy atom. The number of hydrogen-bond donors (Lipinski definition) is 1. The van der Waals surface area contributed by atoms with Gasteiger partial charge in [-0.3, -0.25) is 14.9 Å². The number of para-hydroxylation sites is 2. The van der Waals surface area contributed by atoms with Crippen LogP contribution in [0.3, 0.4) is 0 Å². The van der Waals surface area contributed by atoms with Crippen LogP contribution in [-0.2, 0) is 11.3 Å². The lowest BCUT2D eigenvalue weighted by Gasteiger charge is -2.11. The number of nitrogens with zero attached hydrogens (tertiary/aromatic N) is 4. The van der Waals surface area contributed by atoms with Crippen LogP contribution >= 0.6 is 11.8 Å². The molecule has 0 radical (unpaired) electrons. The van der Waals surface area contributed by atoms with Gasteiger partial charge in [0.05, 0.1) is 23.0 Å². The van der Waals surface area contributed by atoms with Gasteiger partial charge >= 0.3 is 0 Å².